The van der Waals surface area contributed by atoms with E-state index in [1.807, 2.05) is 0 Å². The third-order valence-electron chi connectivity index (χ3n) is 10.6. The van der Waals surface area contributed by atoms with Crippen LogP contribution in [0.15, 0.2) is 18.6 Å². The van der Waals surface area contributed by atoms with Gasteiger partial charge in [-0.15, -0.1) is 0 Å². The Hall–Kier alpha value is -2.11. The van der Waals surface area contributed by atoms with Crippen molar-refractivity contribution in [1.29, 1.82) is 0 Å². The van der Waals surface area contributed by atoms with Crippen LogP contribution in [0, 0.1) is 52.8 Å². The van der Waals surface area contributed by atoms with Gasteiger partial charge in [-0.25, -0.2) is 15.0 Å². The fraction of sp³-hybridized carbons (Fsp3) is 0.724. The molecular weight excluding hydrogens is 441 g/mol. The van der Waals surface area contributed by atoms with Crippen LogP contribution in [0.5, 0.6) is 5.88 Å². The summed E-state index contributed by atoms with van der Waals surface area (Å²) >= 11 is 0. The molecule has 0 bridgehead atoms. The molecule has 2 aromatic rings. The lowest BCUT2D eigenvalue weighted by Crippen LogP contribution is -2.54. The van der Waals surface area contributed by atoms with Gasteiger partial charge in [0, 0.05) is 12.0 Å². The predicted molar refractivity (Wildman–Crippen MR) is 132 cm³/mol. The number of hydrogen-bond donors (Lipinski definition) is 0. The van der Waals surface area contributed by atoms with Gasteiger partial charge in [0.1, 0.15) is 12.9 Å². The lowest BCUT2D eigenvalue weighted by atomic mass is 9.44. The first-order valence-corrected chi connectivity index (χ1v) is 13.9. The molecule has 4 aliphatic carbocycles. The van der Waals surface area contributed by atoms with Gasteiger partial charge in [0.25, 0.3) is 0 Å². The molecule has 0 N–H and O–H groups in total. The summed E-state index contributed by atoms with van der Waals surface area (Å²) < 4.78 is 19.6. The topological polar surface area (TPSA) is 65.0 Å². The molecule has 0 amide bonds. The van der Waals surface area contributed by atoms with E-state index in [1.54, 1.807) is 0 Å². The molecule has 6 heteroatoms. The fourth-order valence-corrected chi connectivity index (χ4v) is 9.08. The molecule has 2 heterocycles. The van der Waals surface area contributed by atoms with Gasteiger partial charge in [-0.05, 0) is 92.3 Å². The summed E-state index contributed by atoms with van der Waals surface area (Å²) in [6.07, 6.45) is 15.6. The van der Waals surface area contributed by atoms with E-state index in [2.05, 4.69) is 28.8 Å². The molecule has 0 aliphatic heterocycles. The molecule has 2 aromatic heterocycles. The molecule has 188 valence electrons. The molecule has 0 aromatic carbocycles. The lowest BCUT2D eigenvalue weighted by molar-refractivity contribution is -0.146. The molecule has 0 spiro atoms. The van der Waals surface area contributed by atoms with Crippen molar-refractivity contribution in [3.05, 3.63) is 24.5 Å². The molecule has 2 unspecified atom stereocenters. The average molecular weight is 480 g/mol. The summed E-state index contributed by atoms with van der Waals surface area (Å²) in [6, 6.07) is 1.27. The van der Waals surface area contributed by atoms with Crippen LogP contribution < -0.4 is 4.74 Å². The van der Waals surface area contributed by atoms with E-state index in [9.17, 15) is 9.18 Å². The second kappa shape index (κ2) is 9.08. The van der Waals surface area contributed by atoms with E-state index < -0.39 is 5.95 Å². The molecule has 4 saturated carbocycles. The van der Waals surface area contributed by atoms with E-state index in [-0.39, 0.29) is 29.6 Å². The van der Waals surface area contributed by atoms with Crippen molar-refractivity contribution in [1.82, 2.24) is 15.0 Å². The number of Topliss-reactive ketones (excluding diaryl/α,β-unsaturated/α-hetero) is 1. The van der Waals surface area contributed by atoms with Gasteiger partial charge in [0.05, 0.1) is 17.1 Å². The Labute approximate surface area is 207 Å². The van der Waals surface area contributed by atoms with Crippen LogP contribution in [0.3, 0.4) is 0 Å². The zero-order valence-corrected chi connectivity index (χ0v) is 21.1. The number of rotatable bonds is 4. The van der Waals surface area contributed by atoms with Crippen LogP contribution in [0.2, 0.25) is 0 Å². The van der Waals surface area contributed by atoms with Gasteiger partial charge in [0.15, 0.2) is 5.78 Å². The summed E-state index contributed by atoms with van der Waals surface area (Å²) in [5.41, 5.74) is 0.581. The molecule has 0 radical (unpaired) electrons. The molecule has 5 nitrogen and oxygen atoms in total. The predicted octanol–water partition coefficient (Wildman–Crippen LogP) is 6.41. The minimum atomic E-state index is -0.606. The number of ether oxygens (including phenoxy) is 1. The fourth-order valence-electron chi connectivity index (χ4n) is 9.08. The summed E-state index contributed by atoms with van der Waals surface area (Å²) in [5.74, 6) is 4.97. The number of ketones is 1. The maximum atomic E-state index is 13.7. The van der Waals surface area contributed by atoms with E-state index in [0.29, 0.717) is 16.8 Å². The second-order valence-corrected chi connectivity index (χ2v) is 12.3. The van der Waals surface area contributed by atoms with Crippen LogP contribution in [0.1, 0.15) is 78.1 Å². The third-order valence-corrected chi connectivity index (χ3v) is 10.6. The van der Waals surface area contributed by atoms with Crippen LogP contribution in [-0.2, 0) is 4.79 Å². The highest BCUT2D eigenvalue weighted by molar-refractivity contribution is 5.85. The Bertz CT molecular complexity index is 1110. The van der Waals surface area contributed by atoms with Crippen LogP contribution in [-0.4, -0.2) is 27.3 Å². The van der Waals surface area contributed by atoms with Gasteiger partial charge >= 0.3 is 0 Å². The van der Waals surface area contributed by atoms with Crippen molar-refractivity contribution in [2.24, 2.45) is 46.8 Å². The Kier molecular flexibility index (Phi) is 6.04. The minimum absolute atomic E-state index is 0.0142. The van der Waals surface area contributed by atoms with Crippen molar-refractivity contribution in [3.8, 4) is 5.88 Å². The number of fused-ring (bicyclic) bond motifs is 6. The Morgan fingerprint density at radius 3 is 2.80 bits per heavy atom. The van der Waals surface area contributed by atoms with Crippen molar-refractivity contribution < 1.29 is 13.9 Å². The molecule has 6 rings (SSSR count). The largest absolute Gasteiger partial charge is 0.469 e. The normalized spacial score (nSPS) is 38.8. The minimum Gasteiger partial charge on any atom is -0.469 e. The number of aromatic nitrogens is 3. The van der Waals surface area contributed by atoms with Gasteiger partial charge in [0.2, 0.25) is 11.8 Å². The number of pyridine rings is 1. The average Bonchev–Trinajstić information content (AvgIpc) is 2.86. The summed E-state index contributed by atoms with van der Waals surface area (Å²) in [5, 5.41) is 0.458. The Morgan fingerprint density at radius 1 is 1.06 bits per heavy atom. The molecule has 0 saturated heterocycles. The highest BCUT2D eigenvalue weighted by Gasteiger charge is 2.56. The molecular formula is C29H38FN3O2. The summed E-state index contributed by atoms with van der Waals surface area (Å²) in [4.78, 5) is 25.6. The van der Waals surface area contributed by atoms with E-state index in [4.69, 9.17) is 4.74 Å². The number of nitrogens with zero attached hydrogens (tertiary/aromatic N) is 3. The van der Waals surface area contributed by atoms with Gasteiger partial charge < -0.3 is 4.74 Å². The maximum Gasteiger partial charge on any atom is 0.225 e. The summed E-state index contributed by atoms with van der Waals surface area (Å²) in [6.45, 7) is 4.84. The smallest absolute Gasteiger partial charge is 0.225 e. The third kappa shape index (κ3) is 4.05. The van der Waals surface area contributed by atoms with Crippen molar-refractivity contribution in [2.75, 3.05) is 6.61 Å². The first kappa shape index (κ1) is 23.3. The summed E-state index contributed by atoms with van der Waals surface area (Å²) in [7, 11) is 0. The zero-order valence-electron chi connectivity index (χ0n) is 21.1. The standard InChI is InChI=1S/C29H38FN3O2/c1-17-6-8-19-18(12-17)7-9-21-20(19)10-11-29(2)23(21)4-3-5-24(29)26(34)15-35-28-22-13-27(30)31-14-25(22)32-16-33-28/h13-14,16-21,23-24H,3-12,15H2,1-2H3/t17-,18+,19-,20?,21+,23?,24+,29-/m0/s1. The van der Waals surface area contributed by atoms with E-state index >= 15 is 0 Å². The number of carbonyl (C=O) groups is 1. The zero-order chi connectivity index (χ0) is 24.2. The van der Waals surface area contributed by atoms with Crippen molar-refractivity contribution in [3.63, 3.8) is 0 Å². The van der Waals surface area contributed by atoms with Crippen molar-refractivity contribution in [2.45, 2.75) is 78.1 Å². The lowest BCUT2D eigenvalue weighted by Gasteiger charge is -2.60. The maximum absolute atomic E-state index is 13.7. The number of hydrogen-bond acceptors (Lipinski definition) is 5. The second-order valence-electron chi connectivity index (χ2n) is 12.3. The monoisotopic (exact) mass is 479 g/mol. The Morgan fingerprint density at radius 2 is 1.91 bits per heavy atom. The molecule has 35 heavy (non-hydrogen) atoms. The molecule has 4 aliphatic rings. The van der Waals surface area contributed by atoms with Gasteiger partial charge in [-0.3, -0.25) is 4.79 Å². The number of halogens is 1. The highest BCUT2D eigenvalue weighted by Crippen LogP contribution is 2.63. The van der Waals surface area contributed by atoms with Crippen molar-refractivity contribution >= 4 is 16.7 Å². The van der Waals surface area contributed by atoms with Gasteiger partial charge in [-0.2, -0.15) is 4.39 Å². The molecule has 4 fully saturated rings. The van der Waals surface area contributed by atoms with Gasteiger partial charge in [-0.1, -0.05) is 26.7 Å². The Balaban J connectivity index is 1.18. The van der Waals surface area contributed by atoms with E-state index in [0.717, 1.165) is 42.4 Å². The highest BCUT2D eigenvalue weighted by atomic mass is 19.1. The van der Waals surface area contributed by atoms with E-state index in [1.165, 1.54) is 70.0 Å². The SMILES string of the molecule is C[C@H]1CC[C@@H]2C3CC[C@@]4(C)C(CCC[C@@H]4C(=O)COc4ncnc5cnc(F)cc45)[C@@H]3CC[C@@H]2C1. The number of carbonyl (C=O) groups excluding carboxylic acids is 1. The first-order chi connectivity index (χ1) is 16.9. The quantitative estimate of drug-likeness (QED) is 0.474. The van der Waals surface area contributed by atoms with Crippen LogP contribution in [0.4, 0.5) is 4.39 Å². The van der Waals surface area contributed by atoms with Crippen LogP contribution in [0.25, 0.3) is 10.9 Å². The van der Waals surface area contributed by atoms with Crippen LogP contribution >= 0.6 is 0 Å². The first-order valence-electron chi connectivity index (χ1n) is 13.9. The molecule has 8 atom stereocenters.